The van der Waals surface area contributed by atoms with Gasteiger partial charge in [-0.2, -0.15) is 0 Å². The van der Waals surface area contributed by atoms with Gasteiger partial charge in [-0.15, -0.1) is 5.73 Å². The third kappa shape index (κ3) is 5.55. The third-order valence-electron chi connectivity index (χ3n) is 8.24. The van der Waals surface area contributed by atoms with Crippen LogP contribution in [0.1, 0.15) is 11.1 Å². The Balaban J connectivity index is 1.05. The maximum Gasteiger partial charge on any atom is 0.0474 e. The molecule has 0 atom stereocenters. The van der Waals surface area contributed by atoms with Gasteiger partial charge < -0.3 is 9.80 Å². The lowest BCUT2D eigenvalue weighted by Gasteiger charge is -2.25. The van der Waals surface area contributed by atoms with Crippen molar-refractivity contribution >= 4 is 62.8 Å². The largest absolute Gasteiger partial charge is 0.311 e. The Bertz CT molecular complexity index is 2250. The van der Waals surface area contributed by atoms with E-state index in [0.717, 1.165) is 39.7 Å². The lowest BCUT2D eigenvalue weighted by atomic mass is 10.0. The molecular formula is C43H30N2. The number of hydrogen-bond acceptors (Lipinski definition) is 2. The number of fused-ring (bicyclic) bond motifs is 2. The monoisotopic (exact) mass is 574 g/mol. The summed E-state index contributed by atoms with van der Waals surface area (Å²) in [6.07, 6.45) is 4.37. The minimum absolute atomic E-state index is 1.13. The summed E-state index contributed by atoms with van der Waals surface area (Å²) in [6, 6.07) is 60.2. The van der Waals surface area contributed by atoms with Crippen molar-refractivity contribution in [3.05, 3.63) is 191 Å². The molecule has 0 saturated heterocycles. The molecule has 0 unspecified atom stereocenters. The van der Waals surface area contributed by atoms with Crippen LogP contribution in [0.25, 0.3) is 28.7 Å². The van der Waals surface area contributed by atoms with E-state index in [1.165, 1.54) is 26.8 Å². The number of anilines is 6. The van der Waals surface area contributed by atoms with Gasteiger partial charge >= 0.3 is 0 Å². The summed E-state index contributed by atoms with van der Waals surface area (Å²) in [4.78, 5) is 4.59. The van der Waals surface area contributed by atoms with Crippen LogP contribution in [0.2, 0.25) is 0 Å². The average molecular weight is 575 g/mol. The van der Waals surface area contributed by atoms with E-state index < -0.39 is 0 Å². The van der Waals surface area contributed by atoms with Crippen molar-refractivity contribution in [2.24, 2.45) is 0 Å². The van der Waals surface area contributed by atoms with Gasteiger partial charge in [0.05, 0.1) is 0 Å². The van der Waals surface area contributed by atoms with Gasteiger partial charge in [-0.3, -0.25) is 0 Å². The van der Waals surface area contributed by atoms with Gasteiger partial charge in [0.1, 0.15) is 0 Å². The maximum atomic E-state index is 3.33. The molecule has 1 aliphatic rings. The minimum atomic E-state index is 1.13. The molecule has 0 radical (unpaired) electrons. The summed E-state index contributed by atoms with van der Waals surface area (Å²) >= 11 is 0. The summed E-state index contributed by atoms with van der Waals surface area (Å²) in [7, 11) is 0. The Morgan fingerprint density at radius 3 is 1.40 bits per heavy atom. The second kappa shape index (κ2) is 11.5. The predicted octanol–water partition coefficient (Wildman–Crippen LogP) is 10.0. The van der Waals surface area contributed by atoms with Crippen molar-refractivity contribution in [2.75, 3.05) is 9.80 Å². The highest BCUT2D eigenvalue weighted by molar-refractivity contribution is 5.91. The van der Waals surface area contributed by atoms with Gasteiger partial charge in [-0.25, -0.2) is 0 Å². The summed E-state index contributed by atoms with van der Waals surface area (Å²) < 4.78 is 0. The zero-order valence-electron chi connectivity index (χ0n) is 24.7. The molecule has 7 aromatic rings. The second-order valence-electron chi connectivity index (χ2n) is 11.2. The lowest BCUT2D eigenvalue weighted by molar-refractivity contribution is 1.28. The van der Waals surface area contributed by atoms with E-state index in [0.29, 0.717) is 0 Å². The molecule has 2 heteroatoms. The van der Waals surface area contributed by atoms with E-state index in [1.807, 2.05) is 0 Å². The van der Waals surface area contributed by atoms with Crippen LogP contribution in [-0.2, 0) is 0 Å². The molecule has 0 bridgehead atoms. The predicted molar refractivity (Wildman–Crippen MR) is 190 cm³/mol. The smallest absolute Gasteiger partial charge is 0.0474 e. The van der Waals surface area contributed by atoms with E-state index in [9.17, 15) is 0 Å². The van der Waals surface area contributed by atoms with Crippen LogP contribution in [0.3, 0.4) is 0 Å². The molecule has 7 aromatic carbocycles. The Morgan fingerprint density at radius 1 is 0.333 bits per heavy atom. The van der Waals surface area contributed by atoms with Crippen LogP contribution in [0.5, 0.6) is 0 Å². The molecule has 45 heavy (non-hydrogen) atoms. The third-order valence-corrected chi connectivity index (χ3v) is 8.24. The van der Waals surface area contributed by atoms with E-state index in [-0.39, 0.29) is 0 Å². The molecule has 212 valence electrons. The average Bonchev–Trinajstić information content (AvgIpc) is 3.89. The molecule has 2 nitrogen and oxygen atoms in total. The zero-order chi connectivity index (χ0) is 30.0. The van der Waals surface area contributed by atoms with Gasteiger partial charge in [0.25, 0.3) is 0 Å². The summed E-state index contributed by atoms with van der Waals surface area (Å²) in [5.74, 6) is 0. The summed E-state index contributed by atoms with van der Waals surface area (Å²) in [6.45, 7) is 0. The van der Waals surface area contributed by atoms with E-state index in [1.54, 1.807) is 0 Å². The molecule has 0 N–H and O–H groups in total. The molecular weight excluding hydrogens is 544 g/mol. The summed E-state index contributed by atoms with van der Waals surface area (Å²) in [5, 5.41) is 4.84. The number of benzene rings is 7. The molecule has 1 aliphatic carbocycles. The Hall–Kier alpha value is -6.08. The molecule has 0 spiro atoms. The SMILES string of the molecule is C1=c2ccc(N(c3ccccc3)c3ccc4cc(/C=C/c5ccc(N(c6ccccc6)c6ccccc6)cc5)ccc4c3)cc2=1. The number of nitrogens with zero attached hydrogens (tertiary/aromatic N) is 2. The van der Waals surface area contributed by atoms with E-state index >= 15 is 0 Å². The van der Waals surface area contributed by atoms with Gasteiger partial charge in [0, 0.05) is 44.6 Å². The lowest BCUT2D eigenvalue weighted by Crippen LogP contribution is -2.14. The highest BCUT2D eigenvalue weighted by atomic mass is 15.1. The van der Waals surface area contributed by atoms with Gasteiger partial charge in [-0.1, -0.05) is 97.1 Å². The minimum Gasteiger partial charge on any atom is -0.311 e. The number of para-hydroxylation sites is 3. The Morgan fingerprint density at radius 2 is 0.778 bits per heavy atom. The van der Waals surface area contributed by atoms with Crippen LogP contribution in [0, 0.1) is 0 Å². The molecule has 0 aliphatic heterocycles. The molecule has 8 rings (SSSR count). The van der Waals surface area contributed by atoms with Crippen molar-refractivity contribution < 1.29 is 0 Å². The van der Waals surface area contributed by atoms with Crippen molar-refractivity contribution in [1.29, 1.82) is 0 Å². The van der Waals surface area contributed by atoms with Crippen LogP contribution in [-0.4, -0.2) is 0 Å². The van der Waals surface area contributed by atoms with Crippen molar-refractivity contribution in [3.63, 3.8) is 0 Å². The molecule has 0 saturated carbocycles. The fourth-order valence-corrected chi connectivity index (χ4v) is 5.91. The van der Waals surface area contributed by atoms with Crippen LogP contribution >= 0.6 is 0 Å². The first-order valence-corrected chi connectivity index (χ1v) is 15.3. The van der Waals surface area contributed by atoms with Gasteiger partial charge in [0.15, 0.2) is 0 Å². The number of rotatable bonds is 8. The van der Waals surface area contributed by atoms with Crippen molar-refractivity contribution in [2.45, 2.75) is 0 Å². The summed E-state index contributed by atoms with van der Waals surface area (Å²) in [5.41, 5.74) is 12.5. The van der Waals surface area contributed by atoms with Gasteiger partial charge in [0.2, 0.25) is 0 Å². The fourth-order valence-electron chi connectivity index (χ4n) is 5.91. The Kier molecular flexibility index (Phi) is 6.81. The van der Waals surface area contributed by atoms with Crippen LogP contribution in [0.4, 0.5) is 34.1 Å². The molecule has 0 heterocycles. The Labute approximate surface area is 263 Å². The highest BCUT2D eigenvalue weighted by Gasteiger charge is 2.14. The van der Waals surface area contributed by atoms with Crippen molar-refractivity contribution in [1.82, 2.24) is 0 Å². The first-order valence-electron chi connectivity index (χ1n) is 15.3. The van der Waals surface area contributed by atoms with E-state index in [2.05, 4.69) is 198 Å². The van der Waals surface area contributed by atoms with Crippen LogP contribution in [0.15, 0.2) is 170 Å². The van der Waals surface area contributed by atoms with E-state index in [4.69, 9.17) is 0 Å². The zero-order valence-corrected chi connectivity index (χ0v) is 24.7. The van der Waals surface area contributed by atoms with Crippen LogP contribution < -0.4 is 20.2 Å². The standard InChI is InChI=1S/C43H30N2/c1-4-10-38(11-5-1)44(39-12-6-2-7-13-39)41-24-19-32(20-25-41)16-17-33-18-21-36-30-42(26-22-34(36)28-33)45(40-14-8-3-9-15-40)43-27-23-35-29-37(35)31-43/h1-28,30-31H/b17-16+. The molecule has 0 aromatic heterocycles. The van der Waals surface area contributed by atoms with Gasteiger partial charge in [-0.05, 0) is 107 Å². The van der Waals surface area contributed by atoms with Crippen molar-refractivity contribution in [3.8, 4) is 0 Å². The first kappa shape index (κ1) is 26.5. The highest BCUT2D eigenvalue weighted by Crippen LogP contribution is 2.36. The molecule has 0 fully saturated rings. The second-order valence-corrected chi connectivity index (χ2v) is 11.2. The fraction of sp³-hybridized carbons (Fsp3) is 0. The molecule has 0 amide bonds. The first-order chi connectivity index (χ1) is 22.3. The normalized spacial score (nSPS) is 11.5. The topological polar surface area (TPSA) is 6.48 Å². The quantitative estimate of drug-likeness (QED) is 0.167. The maximum absolute atomic E-state index is 3.33. The number of hydrogen-bond donors (Lipinski definition) is 0.